The monoisotopic (exact) mass is 520 g/mol. The SMILES string of the molecule is Cc1ccc(CN(C(=O)Cc2c(F)cccc2Cl)[C@H](Cc2ccccc2)C(=O)NC2CCCCC2)cc1. The Morgan fingerprint density at radius 1 is 0.946 bits per heavy atom. The van der Waals surface area contributed by atoms with Crippen LogP contribution in [0.15, 0.2) is 72.8 Å². The van der Waals surface area contributed by atoms with Crippen LogP contribution in [0, 0.1) is 12.7 Å². The van der Waals surface area contributed by atoms with Gasteiger partial charge in [-0.1, -0.05) is 97.1 Å². The summed E-state index contributed by atoms with van der Waals surface area (Å²) in [6.07, 6.45) is 5.39. The highest BCUT2D eigenvalue weighted by Gasteiger charge is 2.32. The Kier molecular flexibility index (Phi) is 9.34. The maximum absolute atomic E-state index is 14.6. The standard InChI is InChI=1S/C31H34ClFN2O2/c1-22-15-17-24(18-16-22)21-35(30(36)20-26-27(32)13-8-14-28(26)33)29(19-23-9-4-2-5-10-23)31(37)34-25-11-6-3-7-12-25/h2,4-5,8-10,13-18,25,29H,3,6-7,11-12,19-21H2,1H3,(H,34,37)/t29-/m1/s1. The van der Waals surface area contributed by atoms with Crippen LogP contribution in [-0.2, 0) is 29.0 Å². The van der Waals surface area contributed by atoms with Crippen molar-refractivity contribution in [3.63, 3.8) is 0 Å². The predicted octanol–water partition coefficient (Wildman–Crippen LogP) is 6.42. The van der Waals surface area contributed by atoms with Gasteiger partial charge in [-0.3, -0.25) is 9.59 Å². The second-order valence-corrected chi connectivity index (χ2v) is 10.3. The number of hydrogen-bond acceptors (Lipinski definition) is 2. The van der Waals surface area contributed by atoms with Crippen LogP contribution in [0.25, 0.3) is 0 Å². The largest absolute Gasteiger partial charge is 0.352 e. The summed E-state index contributed by atoms with van der Waals surface area (Å²) in [4.78, 5) is 29.2. The molecule has 1 atom stereocenters. The van der Waals surface area contributed by atoms with Gasteiger partial charge in [0.25, 0.3) is 0 Å². The van der Waals surface area contributed by atoms with Crippen molar-refractivity contribution < 1.29 is 14.0 Å². The van der Waals surface area contributed by atoms with Gasteiger partial charge in [-0.05, 0) is 43.0 Å². The Morgan fingerprint density at radius 2 is 1.65 bits per heavy atom. The van der Waals surface area contributed by atoms with E-state index in [1.165, 1.54) is 18.6 Å². The van der Waals surface area contributed by atoms with Crippen molar-refractivity contribution >= 4 is 23.4 Å². The molecule has 0 radical (unpaired) electrons. The van der Waals surface area contributed by atoms with Crippen LogP contribution in [-0.4, -0.2) is 28.8 Å². The van der Waals surface area contributed by atoms with Gasteiger partial charge >= 0.3 is 0 Å². The average molecular weight is 521 g/mol. The molecule has 0 heterocycles. The smallest absolute Gasteiger partial charge is 0.243 e. The quantitative estimate of drug-likeness (QED) is 0.354. The molecule has 2 amide bonds. The van der Waals surface area contributed by atoms with E-state index in [1.807, 2.05) is 61.5 Å². The molecule has 6 heteroatoms. The van der Waals surface area contributed by atoms with Crippen molar-refractivity contribution in [3.8, 4) is 0 Å². The molecular formula is C31H34ClFN2O2. The molecule has 4 nitrogen and oxygen atoms in total. The Labute approximate surface area is 223 Å². The first-order chi connectivity index (χ1) is 17.9. The maximum atomic E-state index is 14.6. The molecule has 1 N–H and O–H groups in total. The lowest BCUT2D eigenvalue weighted by Gasteiger charge is -2.33. The Morgan fingerprint density at radius 3 is 2.32 bits per heavy atom. The maximum Gasteiger partial charge on any atom is 0.243 e. The third-order valence-electron chi connectivity index (χ3n) is 7.09. The van der Waals surface area contributed by atoms with Gasteiger partial charge in [0.05, 0.1) is 6.42 Å². The number of aryl methyl sites for hydroxylation is 1. The van der Waals surface area contributed by atoms with E-state index >= 15 is 0 Å². The van der Waals surface area contributed by atoms with E-state index in [1.54, 1.807) is 11.0 Å². The van der Waals surface area contributed by atoms with Crippen LogP contribution in [0.1, 0.15) is 54.4 Å². The summed E-state index contributed by atoms with van der Waals surface area (Å²) < 4.78 is 14.6. The Bertz CT molecular complexity index is 1170. The number of nitrogens with zero attached hydrogens (tertiary/aromatic N) is 1. The fourth-order valence-electron chi connectivity index (χ4n) is 4.94. The van der Waals surface area contributed by atoms with Crippen LogP contribution in [0.5, 0.6) is 0 Å². The van der Waals surface area contributed by atoms with E-state index in [2.05, 4.69) is 5.32 Å². The van der Waals surface area contributed by atoms with Gasteiger partial charge in [0.1, 0.15) is 11.9 Å². The van der Waals surface area contributed by atoms with E-state index in [9.17, 15) is 14.0 Å². The molecule has 37 heavy (non-hydrogen) atoms. The lowest BCUT2D eigenvalue weighted by atomic mass is 9.94. The molecule has 0 aliphatic heterocycles. The van der Waals surface area contributed by atoms with Gasteiger partial charge in [-0.2, -0.15) is 0 Å². The summed E-state index contributed by atoms with van der Waals surface area (Å²) in [5.74, 6) is -1.04. The number of rotatable bonds is 9. The van der Waals surface area contributed by atoms with E-state index in [-0.39, 0.29) is 41.4 Å². The molecule has 0 bridgehead atoms. The highest BCUT2D eigenvalue weighted by molar-refractivity contribution is 6.31. The van der Waals surface area contributed by atoms with Crippen molar-refractivity contribution in [1.82, 2.24) is 10.2 Å². The molecule has 1 fully saturated rings. The molecule has 4 rings (SSSR count). The van der Waals surface area contributed by atoms with Crippen LogP contribution >= 0.6 is 11.6 Å². The van der Waals surface area contributed by atoms with Crippen LogP contribution in [0.4, 0.5) is 4.39 Å². The molecule has 1 aliphatic rings. The van der Waals surface area contributed by atoms with Crippen molar-refractivity contribution in [2.75, 3.05) is 0 Å². The van der Waals surface area contributed by atoms with E-state index in [4.69, 9.17) is 11.6 Å². The molecule has 3 aromatic rings. The highest BCUT2D eigenvalue weighted by Crippen LogP contribution is 2.23. The summed E-state index contributed by atoms with van der Waals surface area (Å²) in [5.41, 5.74) is 3.11. The van der Waals surface area contributed by atoms with Gasteiger partial charge in [0, 0.05) is 29.6 Å². The summed E-state index contributed by atoms with van der Waals surface area (Å²) in [5, 5.41) is 3.43. The number of carbonyl (C=O) groups is 2. The lowest BCUT2D eigenvalue weighted by Crippen LogP contribution is -2.53. The molecule has 1 aliphatic carbocycles. The van der Waals surface area contributed by atoms with Crippen molar-refractivity contribution in [1.29, 1.82) is 0 Å². The van der Waals surface area contributed by atoms with E-state index in [0.29, 0.717) is 6.42 Å². The summed E-state index contributed by atoms with van der Waals surface area (Å²) in [7, 11) is 0. The lowest BCUT2D eigenvalue weighted by molar-refractivity contribution is -0.141. The zero-order chi connectivity index (χ0) is 26.2. The zero-order valence-electron chi connectivity index (χ0n) is 21.3. The van der Waals surface area contributed by atoms with Crippen molar-refractivity contribution in [2.45, 2.75) is 70.5 Å². The first kappa shape index (κ1) is 26.9. The second-order valence-electron chi connectivity index (χ2n) is 9.93. The minimum absolute atomic E-state index is 0.108. The normalized spacial score (nSPS) is 14.7. The van der Waals surface area contributed by atoms with Crippen LogP contribution in [0.2, 0.25) is 5.02 Å². The van der Waals surface area contributed by atoms with Gasteiger partial charge in [0.15, 0.2) is 0 Å². The molecule has 194 valence electrons. The van der Waals surface area contributed by atoms with Crippen molar-refractivity contribution in [3.05, 3.63) is 106 Å². The van der Waals surface area contributed by atoms with Crippen LogP contribution < -0.4 is 5.32 Å². The molecule has 1 saturated carbocycles. The average Bonchev–Trinajstić information content (AvgIpc) is 2.90. The van der Waals surface area contributed by atoms with E-state index in [0.717, 1.165) is 42.4 Å². The van der Waals surface area contributed by atoms with Gasteiger partial charge in [0.2, 0.25) is 11.8 Å². The number of hydrogen-bond donors (Lipinski definition) is 1. The number of amides is 2. The predicted molar refractivity (Wildman–Crippen MR) is 146 cm³/mol. The number of halogens is 2. The molecule has 3 aromatic carbocycles. The molecule has 0 spiro atoms. The highest BCUT2D eigenvalue weighted by atomic mass is 35.5. The van der Waals surface area contributed by atoms with Gasteiger partial charge in [-0.25, -0.2) is 4.39 Å². The first-order valence-corrected chi connectivity index (χ1v) is 13.4. The second kappa shape index (κ2) is 12.9. The minimum Gasteiger partial charge on any atom is -0.352 e. The zero-order valence-corrected chi connectivity index (χ0v) is 22.0. The third kappa shape index (κ3) is 7.42. The number of benzene rings is 3. The Hall–Kier alpha value is -3.18. The summed E-state index contributed by atoms with van der Waals surface area (Å²) in [6.45, 7) is 2.24. The number of nitrogens with one attached hydrogen (secondary N) is 1. The van der Waals surface area contributed by atoms with Crippen molar-refractivity contribution in [2.24, 2.45) is 0 Å². The van der Waals surface area contributed by atoms with Gasteiger partial charge in [-0.15, -0.1) is 0 Å². The van der Waals surface area contributed by atoms with Gasteiger partial charge < -0.3 is 10.2 Å². The molecule has 0 unspecified atom stereocenters. The topological polar surface area (TPSA) is 49.4 Å². The molecule has 0 saturated heterocycles. The first-order valence-electron chi connectivity index (χ1n) is 13.0. The fourth-order valence-corrected chi connectivity index (χ4v) is 5.17. The number of carbonyl (C=O) groups excluding carboxylic acids is 2. The van der Waals surface area contributed by atoms with Crippen LogP contribution in [0.3, 0.4) is 0 Å². The fraction of sp³-hybridized carbons (Fsp3) is 0.355. The Balaban J connectivity index is 1.68. The molecule has 0 aromatic heterocycles. The third-order valence-corrected chi connectivity index (χ3v) is 7.44. The summed E-state index contributed by atoms with van der Waals surface area (Å²) in [6, 6.07) is 21.4. The molecular weight excluding hydrogens is 487 g/mol. The van der Waals surface area contributed by atoms with E-state index < -0.39 is 11.9 Å². The minimum atomic E-state index is -0.747. The summed E-state index contributed by atoms with van der Waals surface area (Å²) >= 11 is 6.27.